The van der Waals surface area contributed by atoms with Gasteiger partial charge in [0.15, 0.2) is 12.0 Å². The molecule has 5 heteroatoms. The minimum Gasteiger partial charge on any atom is -0.453 e. The zero-order chi connectivity index (χ0) is 13.3. The van der Waals surface area contributed by atoms with Crippen LogP contribution in [0.3, 0.4) is 0 Å². The molecular weight excluding hydrogens is 252 g/mol. The SMILES string of the molecule is Cc1nn(C)c(C)c1Oc1cccc(Cl)c1C=O. The number of nitrogens with zero attached hydrogens (tertiary/aromatic N) is 2. The number of aromatic nitrogens is 2. The second-order valence-electron chi connectivity index (χ2n) is 4.00. The third-order valence-corrected chi connectivity index (χ3v) is 3.11. The monoisotopic (exact) mass is 264 g/mol. The van der Waals surface area contributed by atoms with Crippen LogP contribution in [0, 0.1) is 13.8 Å². The van der Waals surface area contributed by atoms with Gasteiger partial charge in [0.2, 0.25) is 0 Å². The van der Waals surface area contributed by atoms with Crippen molar-refractivity contribution in [3.8, 4) is 11.5 Å². The van der Waals surface area contributed by atoms with Crippen molar-refractivity contribution in [2.45, 2.75) is 13.8 Å². The van der Waals surface area contributed by atoms with Gasteiger partial charge >= 0.3 is 0 Å². The first-order chi connectivity index (χ1) is 8.54. The maximum absolute atomic E-state index is 11.0. The average molecular weight is 265 g/mol. The van der Waals surface area contributed by atoms with Crippen LogP contribution in [0.1, 0.15) is 21.7 Å². The molecule has 0 saturated carbocycles. The van der Waals surface area contributed by atoms with Crippen molar-refractivity contribution in [3.63, 3.8) is 0 Å². The summed E-state index contributed by atoms with van der Waals surface area (Å²) in [5.74, 6) is 1.10. The normalized spacial score (nSPS) is 10.4. The van der Waals surface area contributed by atoms with E-state index in [-0.39, 0.29) is 0 Å². The molecule has 4 nitrogen and oxygen atoms in total. The van der Waals surface area contributed by atoms with Gasteiger partial charge in [-0.05, 0) is 26.0 Å². The molecule has 94 valence electrons. The summed E-state index contributed by atoms with van der Waals surface area (Å²) in [4.78, 5) is 11.0. The largest absolute Gasteiger partial charge is 0.453 e. The van der Waals surface area contributed by atoms with Gasteiger partial charge < -0.3 is 4.74 Å². The fourth-order valence-corrected chi connectivity index (χ4v) is 1.94. The molecule has 1 aromatic heterocycles. The third kappa shape index (κ3) is 2.11. The van der Waals surface area contributed by atoms with Crippen LogP contribution >= 0.6 is 11.6 Å². The molecule has 0 aliphatic carbocycles. The van der Waals surface area contributed by atoms with Crippen LogP contribution in [0.25, 0.3) is 0 Å². The molecule has 0 aliphatic rings. The van der Waals surface area contributed by atoms with Gasteiger partial charge in [-0.25, -0.2) is 0 Å². The summed E-state index contributed by atoms with van der Waals surface area (Å²) in [6.45, 7) is 3.76. The molecule has 0 spiro atoms. The summed E-state index contributed by atoms with van der Waals surface area (Å²) in [5, 5.41) is 4.63. The van der Waals surface area contributed by atoms with Gasteiger partial charge in [0.25, 0.3) is 0 Å². The van der Waals surface area contributed by atoms with E-state index in [2.05, 4.69) is 5.10 Å². The molecule has 0 atom stereocenters. The molecule has 0 N–H and O–H groups in total. The number of carbonyl (C=O) groups is 1. The number of rotatable bonds is 3. The average Bonchev–Trinajstić information content (AvgIpc) is 2.56. The molecule has 0 bridgehead atoms. The summed E-state index contributed by atoms with van der Waals surface area (Å²) in [6.07, 6.45) is 0.693. The van der Waals surface area contributed by atoms with Gasteiger partial charge in [0.05, 0.1) is 16.3 Å². The van der Waals surface area contributed by atoms with Crippen LogP contribution in [0.4, 0.5) is 0 Å². The van der Waals surface area contributed by atoms with E-state index in [9.17, 15) is 4.79 Å². The van der Waals surface area contributed by atoms with Crippen molar-refractivity contribution in [1.29, 1.82) is 0 Å². The number of hydrogen-bond donors (Lipinski definition) is 0. The van der Waals surface area contributed by atoms with E-state index in [4.69, 9.17) is 16.3 Å². The number of aryl methyl sites for hydroxylation is 2. The summed E-state index contributed by atoms with van der Waals surface area (Å²) in [5.41, 5.74) is 2.01. The number of halogens is 1. The molecule has 1 heterocycles. The Labute approximate surface area is 110 Å². The van der Waals surface area contributed by atoms with Crippen LogP contribution in [0.2, 0.25) is 5.02 Å². The summed E-state index contributed by atoms with van der Waals surface area (Å²) >= 11 is 5.95. The zero-order valence-electron chi connectivity index (χ0n) is 10.4. The van der Waals surface area contributed by atoms with Crippen molar-refractivity contribution in [1.82, 2.24) is 9.78 Å². The van der Waals surface area contributed by atoms with E-state index in [0.717, 1.165) is 11.4 Å². The Morgan fingerprint density at radius 3 is 2.67 bits per heavy atom. The van der Waals surface area contributed by atoms with E-state index in [1.54, 1.807) is 22.9 Å². The molecule has 2 rings (SSSR count). The number of ether oxygens (including phenoxy) is 1. The highest BCUT2D eigenvalue weighted by Crippen LogP contribution is 2.32. The first-order valence-corrected chi connectivity index (χ1v) is 5.84. The van der Waals surface area contributed by atoms with Gasteiger partial charge in [-0.2, -0.15) is 5.10 Å². The predicted octanol–water partition coefficient (Wildman–Crippen LogP) is 3.30. The molecular formula is C13H13ClN2O2. The number of aldehydes is 1. The number of benzene rings is 1. The quantitative estimate of drug-likeness (QED) is 0.799. The lowest BCUT2D eigenvalue weighted by Crippen LogP contribution is -1.95. The summed E-state index contributed by atoms with van der Waals surface area (Å²) in [7, 11) is 1.84. The summed E-state index contributed by atoms with van der Waals surface area (Å²) in [6, 6.07) is 5.11. The van der Waals surface area contributed by atoms with Crippen LogP contribution in [-0.4, -0.2) is 16.1 Å². The predicted molar refractivity (Wildman–Crippen MR) is 69.6 cm³/mol. The maximum atomic E-state index is 11.0. The Morgan fingerprint density at radius 2 is 2.11 bits per heavy atom. The highest BCUT2D eigenvalue weighted by atomic mass is 35.5. The van der Waals surface area contributed by atoms with Crippen LogP contribution < -0.4 is 4.74 Å². The maximum Gasteiger partial charge on any atom is 0.171 e. The summed E-state index contributed by atoms with van der Waals surface area (Å²) < 4.78 is 7.50. The Bertz CT molecular complexity index is 605. The van der Waals surface area contributed by atoms with Gasteiger partial charge in [0, 0.05) is 7.05 Å². The van der Waals surface area contributed by atoms with Crippen molar-refractivity contribution >= 4 is 17.9 Å². The fraction of sp³-hybridized carbons (Fsp3) is 0.231. The number of carbonyl (C=O) groups excluding carboxylic acids is 1. The molecule has 0 aliphatic heterocycles. The van der Waals surface area contributed by atoms with Gasteiger partial charge in [-0.15, -0.1) is 0 Å². The highest BCUT2D eigenvalue weighted by Gasteiger charge is 2.14. The minimum absolute atomic E-state index is 0.349. The first-order valence-electron chi connectivity index (χ1n) is 5.46. The molecule has 0 fully saturated rings. The van der Waals surface area contributed by atoms with E-state index >= 15 is 0 Å². The highest BCUT2D eigenvalue weighted by molar-refractivity contribution is 6.33. The van der Waals surface area contributed by atoms with E-state index in [0.29, 0.717) is 28.4 Å². The van der Waals surface area contributed by atoms with Gasteiger partial charge in [-0.1, -0.05) is 17.7 Å². The third-order valence-electron chi connectivity index (χ3n) is 2.79. The number of hydrogen-bond acceptors (Lipinski definition) is 3. The van der Waals surface area contributed by atoms with E-state index in [1.165, 1.54) is 0 Å². The Balaban J connectivity index is 2.46. The molecule has 0 saturated heterocycles. The molecule has 2 aromatic rings. The lowest BCUT2D eigenvalue weighted by atomic mass is 10.2. The second-order valence-corrected chi connectivity index (χ2v) is 4.40. The second kappa shape index (κ2) is 4.82. The molecule has 0 radical (unpaired) electrons. The van der Waals surface area contributed by atoms with E-state index in [1.807, 2.05) is 20.9 Å². The van der Waals surface area contributed by atoms with Crippen molar-refractivity contribution in [2.24, 2.45) is 7.05 Å². The van der Waals surface area contributed by atoms with Crippen LogP contribution in [-0.2, 0) is 7.05 Å². The molecule has 0 unspecified atom stereocenters. The van der Waals surface area contributed by atoms with Crippen LogP contribution in [0.15, 0.2) is 18.2 Å². The Hall–Kier alpha value is -1.81. The van der Waals surface area contributed by atoms with Crippen molar-refractivity contribution in [2.75, 3.05) is 0 Å². The van der Waals surface area contributed by atoms with E-state index < -0.39 is 0 Å². The standard InChI is InChI=1S/C13H13ClN2O2/c1-8-13(9(2)16(3)15-8)18-12-6-4-5-11(14)10(12)7-17/h4-7H,1-3H3. The molecule has 0 amide bonds. The first kappa shape index (κ1) is 12.6. The Morgan fingerprint density at radius 1 is 1.39 bits per heavy atom. The molecule has 18 heavy (non-hydrogen) atoms. The zero-order valence-corrected chi connectivity index (χ0v) is 11.2. The van der Waals surface area contributed by atoms with Crippen LogP contribution in [0.5, 0.6) is 11.5 Å². The smallest absolute Gasteiger partial charge is 0.171 e. The van der Waals surface area contributed by atoms with Gasteiger partial charge in [-0.3, -0.25) is 9.48 Å². The van der Waals surface area contributed by atoms with Crippen molar-refractivity contribution < 1.29 is 9.53 Å². The van der Waals surface area contributed by atoms with Crippen molar-refractivity contribution in [3.05, 3.63) is 40.2 Å². The fourth-order valence-electron chi connectivity index (χ4n) is 1.73. The lowest BCUT2D eigenvalue weighted by Gasteiger charge is -2.09. The lowest BCUT2D eigenvalue weighted by molar-refractivity contribution is 0.112. The molecule has 1 aromatic carbocycles. The van der Waals surface area contributed by atoms with Gasteiger partial charge in [0.1, 0.15) is 11.4 Å². The minimum atomic E-state index is 0.349. The Kier molecular flexibility index (Phi) is 3.39. The topological polar surface area (TPSA) is 44.1 Å².